The van der Waals surface area contributed by atoms with Crippen molar-refractivity contribution in [2.45, 2.75) is 13.3 Å². The van der Waals surface area contributed by atoms with E-state index in [9.17, 15) is 13.2 Å². The van der Waals surface area contributed by atoms with Crippen molar-refractivity contribution in [3.63, 3.8) is 0 Å². The molecule has 0 spiro atoms. The van der Waals surface area contributed by atoms with Gasteiger partial charge in [-0.15, -0.1) is 13.2 Å². The maximum Gasteiger partial charge on any atom is 0.573 e. The van der Waals surface area contributed by atoms with Crippen LogP contribution in [-0.2, 0) is 0 Å². The van der Waals surface area contributed by atoms with Gasteiger partial charge >= 0.3 is 6.36 Å². The smallest absolute Gasteiger partial charge is 0.437 e. The Balaban J connectivity index is 2.20. The van der Waals surface area contributed by atoms with Gasteiger partial charge in [0, 0.05) is 6.20 Å². The molecule has 1 aromatic heterocycles. The summed E-state index contributed by atoms with van der Waals surface area (Å²) in [7, 11) is 0. The quantitative estimate of drug-likeness (QED) is 0.877. The first kappa shape index (κ1) is 15.4. The zero-order chi connectivity index (χ0) is 15.6. The van der Waals surface area contributed by atoms with Crippen LogP contribution in [0.15, 0.2) is 34.9 Å². The molecule has 0 radical (unpaired) electrons. The van der Waals surface area contributed by atoms with Gasteiger partial charge in [-0.05, 0) is 52.7 Å². The number of nitrogen functional groups attached to an aromatic ring is 1. The first-order valence-electron chi connectivity index (χ1n) is 5.70. The minimum Gasteiger partial charge on any atom is -0.437 e. The molecule has 1 aromatic carbocycles. The molecule has 0 unspecified atom stereocenters. The molecular weight excluding hydrogens is 353 g/mol. The monoisotopic (exact) mass is 362 g/mol. The molecule has 2 N–H and O–H groups in total. The molecule has 0 saturated carbocycles. The third-order valence-corrected chi connectivity index (χ3v) is 2.98. The predicted molar refractivity (Wildman–Crippen MR) is 74.3 cm³/mol. The molecule has 2 aromatic rings. The second-order valence-electron chi connectivity index (χ2n) is 4.15. The molecule has 0 aliphatic heterocycles. The summed E-state index contributed by atoms with van der Waals surface area (Å²) in [4.78, 5) is 4.01. The lowest BCUT2D eigenvalue weighted by Gasteiger charge is -2.12. The number of ether oxygens (including phenoxy) is 2. The Morgan fingerprint density at radius 1 is 1.24 bits per heavy atom. The van der Waals surface area contributed by atoms with Gasteiger partial charge in [-0.3, -0.25) is 0 Å². The minimum atomic E-state index is -4.76. The molecule has 4 nitrogen and oxygen atoms in total. The number of pyridine rings is 1. The summed E-state index contributed by atoms with van der Waals surface area (Å²) in [6.45, 7) is 1.83. The summed E-state index contributed by atoms with van der Waals surface area (Å²) in [6.07, 6.45) is -3.18. The van der Waals surface area contributed by atoms with Crippen molar-refractivity contribution in [2.24, 2.45) is 0 Å². The Hall–Kier alpha value is -1.96. The summed E-state index contributed by atoms with van der Waals surface area (Å²) in [6, 6.07) is 5.48. The van der Waals surface area contributed by atoms with Crippen molar-refractivity contribution in [3.05, 3.63) is 40.5 Å². The normalized spacial score (nSPS) is 11.3. The molecule has 0 bridgehead atoms. The Bertz CT molecular complexity index is 662. The summed E-state index contributed by atoms with van der Waals surface area (Å²) in [5.41, 5.74) is 6.95. The molecule has 1 heterocycles. The number of nitrogens with zero attached hydrogens (tertiary/aromatic N) is 1. The topological polar surface area (TPSA) is 57.4 Å². The van der Waals surface area contributed by atoms with Crippen LogP contribution < -0.4 is 15.2 Å². The molecule has 21 heavy (non-hydrogen) atoms. The number of anilines is 1. The van der Waals surface area contributed by atoms with Crippen LogP contribution in [0.4, 0.5) is 18.9 Å². The van der Waals surface area contributed by atoms with E-state index in [4.69, 9.17) is 10.5 Å². The van der Waals surface area contributed by atoms with E-state index in [0.29, 0.717) is 5.69 Å². The highest BCUT2D eigenvalue weighted by Crippen LogP contribution is 2.35. The van der Waals surface area contributed by atoms with E-state index in [1.807, 2.05) is 6.92 Å². The number of hydrogen-bond acceptors (Lipinski definition) is 4. The number of nitrogens with two attached hydrogens (primary N) is 1. The number of benzene rings is 1. The van der Waals surface area contributed by atoms with Gasteiger partial charge in [0.2, 0.25) is 5.88 Å². The highest BCUT2D eigenvalue weighted by molar-refractivity contribution is 9.10. The van der Waals surface area contributed by atoms with Gasteiger partial charge in [0.15, 0.2) is 0 Å². The Labute approximate surface area is 126 Å². The number of hydrogen-bond donors (Lipinski definition) is 1. The van der Waals surface area contributed by atoms with Gasteiger partial charge in [-0.25, -0.2) is 4.98 Å². The lowest BCUT2D eigenvalue weighted by Crippen LogP contribution is -2.17. The van der Waals surface area contributed by atoms with E-state index in [2.05, 4.69) is 25.7 Å². The minimum absolute atomic E-state index is 0.100. The number of aryl methyl sites for hydroxylation is 1. The van der Waals surface area contributed by atoms with Crippen LogP contribution in [0.3, 0.4) is 0 Å². The second kappa shape index (κ2) is 5.80. The van der Waals surface area contributed by atoms with Gasteiger partial charge in [0.1, 0.15) is 11.5 Å². The fraction of sp³-hybridized carbons (Fsp3) is 0.154. The van der Waals surface area contributed by atoms with Crippen molar-refractivity contribution < 1.29 is 22.6 Å². The van der Waals surface area contributed by atoms with Crippen LogP contribution in [0.25, 0.3) is 0 Å². The number of rotatable bonds is 3. The maximum atomic E-state index is 12.2. The molecule has 0 fully saturated rings. The van der Waals surface area contributed by atoms with Gasteiger partial charge in [0.05, 0.1) is 10.2 Å². The van der Waals surface area contributed by atoms with Crippen molar-refractivity contribution in [1.82, 2.24) is 4.98 Å². The first-order chi connectivity index (χ1) is 9.74. The van der Waals surface area contributed by atoms with E-state index in [1.54, 1.807) is 12.3 Å². The average molecular weight is 363 g/mol. The van der Waals surface area contributed by atoms with E-state index < -0.39 is 6.36 Å². The van der Waals surface area contributed by atoms with Gasteiger partial charge in [-0.1, -0.05) is 0 Å². The molecule has 0 atom stereocenters. The molecule has 8 heteroatoms. The van der Waals surface area contributed by atoms with Crippen molar-refractivity contribution >= 4 is 21.6 Å². The van der Waals surface area contributed by atoms with Crippen molar-refractivity contribution in [3.8, 4) is 17.4 Å². The average Bonchev–Trinajstić information content (AvgIpc) is 2.35. The lowest BCUT2D eigenvalue weighted by molar-refractivity contribution is -0.274. The number of halogens is 4. The molecule has 0 aliphatic rings. The highest BCUT2D eigenvalue weighted by atomic mass is 79.9. The zero-order valence-electron chi connectivity index (χ0n) is 10.7. The Morgan fingerprint density at radius 2 is 1.95 bits per heavy atom. The molecule has 112 valence electrons. The summed E-state index contributed by atoms with van der Waals surface area (Å²) < 4.78 is 45.8. The predicted octanol–water partition coefficient (Wildman–Crippen LogP) is 4.43. The van der Waals surface area contributed by atoms with Crippen molar-refractivity contribution in [2.75, 3.05) is 5.73 Å². The van der Waals surface area contributed by atoms with Crippen LogP contribution >= 0.6 is 15.9 Å². The van der Waals surface area contributed by atoms with Crippen LogP contribution in [0, 0.1) is 6.92 Å². The number of alkyl halides is 3. The first-order valence-corrected chi connectivity index (χ1v) is 6.49. The summed E-state index contributed by atoms with van der Waals surface area (Å²) in [5, 5.41) is 0. The van der Waals surface area contributed by atoms with E-state index in [1.165, 1.54) is 12.1 Å². The molecule has 0 aliphatic carbocycles. The van der Waals surface area contributed by atoms with Crippen molar-refractivity contribution in [1.29, 1.82) is 0 Å². The molecule has 0 saturated heterocycles. The summed E-state index contributed by atoms with van der Waals surface area (Å²) in [5.74, 6) is 0.0936. The SMILES string of the molecule is Cc1cnc(Oc2ccc(OC(F)(F)F)c(Br)c2)c(N)c1. The second-order valence-corrected chi connectivity index (χ2v) is 5.00. The highest BCUT2D eigenvalue weighted by Gasteiger charge is 2.32. The van der Waals surface area contributed by atoms with E-state index in [0.717, 1.165) is 11.6 Å². The molecule has 0 amide bonds. The van der Waals surface area contributed by atoms with Crippen LogP contribution in [0.2, 0.25) is 0 Å². The van der Waals surface area contributed by atoms with Crippen LogP contribution in [0.5, 0.6) is 17.4 Å². The Kier molecular flexibility index (Phi) is 4.26. The van der Waals surface area contributed by atoms with Crippen LogP contribution in [0.1, 0.15) is 5.56 Å². The standard InChI is InChI=1S/C13H10BrF3N2O2/c1-7-4-10(18)12(19-6-7)20-8-2-3-11(9(14)5-8)21-13(15,16)17/h2-6H,18H2,1H3. The van der Waals surface area contributed by atoms with Gasteiger partial charge in [0.25, 0.3) is 0 Å². The fourth-order valence-corrected chi connectivity index (χ4v) is 1.97. The fourth-order valence-electron chi connectivity index (χ4n) is 1.53. The number of aromatic nitrogens is 1. The van der Waals surface area contributed by atoms with E-state index >= 15 is 0 Å². The summed E-state index contributed by atoms with van der Waals surface area (Å²) >= 11 is 2.99. The zero-order valence-corrected chi connectivity index (χ0v) is 12.3. The van der Waals surface area contributed by atoms with Crippen LogP contribution in [-0.4, -0.2) is 11.3 Å². The molecular formula is C13H10BrF3N2O2. The van der Waals surface area contributed by atoms with Gasteiger partial charge < -0.3 is 15.2 Å². The van der Waals surface area contributed by atoms with Gasteiger partial charge in [-0.2, -0.15) is 0 Å². The lowest BCUT2D eigenvalue weighted by atomic mass is 10.3. The van der Waals surface area contributed by atoms with E-state index in [-0.39, 0.29) is 21.9 Å². The largest absolute Gasteiger partial charge is 0.573 e. The third kappa shape index (κ3) is 4.25. The third-order valence-electron chi connectivity index (χ3n) is 2.36. The molecule has 2 rings (SSSR count). The Morgan fingerprint density at radius 3 is 2.52 bits per heavy atom. The maximum absolute atomic E-state index is 12.2.